The van der Waals surface area contributed by atoms with Gasteiger partial charge < -0.3 is 10.2 Å². The minimum absolute atomic E-state index is 0.000899. The van der Waals surface area contributed by atoms with Crippen LogP contribution in [0.15, 0.2) is 64.9 Å². The Kier molecular flexibility index (Phi) is 3.81. The van der Waals surface area contributed by atoms with Gasteiger partial charge in [-0.2, -0.15) is 0 Å². The van der Waals surface area contributed by atoms with Crippen LogP contribution in [-0.2, 0) is 16.3 Å². The molecular formula is C15H14O4S. The van der Waals surface area contributed by atoms with E-state index in [0.717, 1.165) is 0 Å². The number of hydrogen-bond acceptors (Lipinski definition) is 4. The molecule has 2 N–H and O–H groups in total. The fraction of sp³-hybridized carbons (Fsp3) is 0.0667. The summed E-state index contributed by atoms with van der Waals surface area (Å²) in [4.78, 5) is 0.215. The Morgan fingerprint density at radius 2 is 1.60 bits per heavy atom. The zero-order chi connectivity index (χ0) is 14.8. The number of rotatable bonds is 4. The summed E-state index contributed by atoms with van der Waals surface area (Å²) in [5.41, 5.74) is 0.480. The highest BCUT2D eigenvalue weighted by Gasteiger charge is 2.21. The van der Waals surface area contributed by atoms with Crippen molar-refractivity contribution in [3.8, 4) is 11.5 Å². The summed E-state index contributed by atoms with van der Waals surface area (Å²) in [6.07, 6.45) is 1.91. The van der Waals surface area contributed by atoms with E-state index in [0.29, 0.717) is 12.0 Å². The Labute approximate surface area is 117 Å². The van der Waals surface area contributed by atoms with Crippen molar-refractivity contribution in [2.75, 3.05) is 0 Å². The fourth-order valence-electron chi connectivity index (χ4n) is 1.90. The maximum absolute atomic E-state index is 12.6. The van der Waals surface area contributed by atoms with Gasteiger partial charge in [-0.1, -0.05) is 6.08 Å². The number of allylic oxidation sites excluding steroid dienone is 1. The monoisotopic (exact) mass is 290 g/mol. The van der Waals surface area contributed by atoms with Gasteiger partial charge in [0.05, 0.1) is 9.79 Å². The Bertz CT molecular complexity index is 731. The van der Waals surface area contributed by atoms with E-state index in [1.54, 1.807) is 6.08 Å². The van der Waals surface area contributed by atoms with Gasteiger partial charge in [0.1, 0.15) is 11.5 Å². The van der Waals surface area contributed by atoms with Gasteiger partial charge in [0.15, 0.2) is 0 Å². The molecule has 0 heterocycles. The zero-order valence-corrected chi connectivity index (χ0v) is 11.5. The third kappa shape index (κ3) is 2.67. The molecule has 0 unspecified atom stereocenters. The molecule has 0 spiro atoms. The standard InChI is InChI=1S/C15H14O4S/c1-2-3-11-10-13(17)6-9-15(11)20(18,19)14-7-4-12(16)5-8-14/h2,4-10,16-17H,1,3H2. The number of hydrogen-bond donors (Lipinski definition) is 2. The van der Waals surface area contributed by atoms with Gasteiger partial charge in [0.2, 0.25) is 9.84 Å². The molecule has 2 aromatic carbocycles. The maximum atomic E-state index is 12.6. The third-order valence-electron chi connectivity index (χ3n) is 2.84. The van der Waals surface area contributed by atoms with Crippen molar-refractivity contribution in [3.05, 3.63) is 60.7 Å². The van der Waals surface area contributed by atoms with Crippen molar-refractivity contribution in [2.45, 2.75) is 16.2 Å². The molecule has 5 heteroatoms. The molecule has 0 atom stereocenters. The van der Waals surface area contributed by atoms with E-state index in [1.165, 1.54) is 42.5 Å². The largest absolute Gasteiger partial charge is 0.508 e. The molecule has 104 valence electrons. The molecule has 20 heavy (non-hydrogen) atoms. The van der Waals surface area contributed by atoms with Crippen LogP contribution in [0, 0.1) is 0 Å². The van der Waals surface area contributed by atoms with Crippen molar-refractivity contribution < 1.29 is 18.6 Å². The predicted molar refractivity (Wildman–Crippen MR) is 75.6 cm³/mol. The van der Waals surface area contributed by atoms with Crippen molar-refractivity contribution in [1.82, 2.24) is 0 Å². The van der Waals surface area contributed by atoms with E-state index in [9.17, 15) is 18.6 Å². The lowest BCUT2D eigenvalue weighted by molar-refractivity contribution is 0.474. The summed E-state index contributed by atoms with van der Waals surface area (Å²) >= 11 is 0. The van der Waals surface area contributed by atoms with E-state index in [4.69, 9.17) is 0 Å². The summed E-state index contributed by atoms with van der Waals surface area (Å²) < 4.78 is 25.1. The van der Waals surface area contributed by atoms with Crippen LogP contribution in [0.3, 0.4) is 0 Å². The lowest BCUT2D eigenvalue weighted by atomic mass is 10.1. The average Bonchev–Trinajstić information content (AvgIpc) is 2.39. The first kappa shape index (κ1) is 14.1. The van der Waals surface area contributed by atoms with Gasteiger partial charge in [-0.05, 0) is 54.4 Å². The van der Waals surface area contributed by atoms with Crippen LogP contribution in [0.25, 0.3) is 0 Å². The smallest absolute Gasteiger partial charge is 0.206 e. The quantitative estimate of drug-likeness (QED) is 0.849. The fourth-order valence-corrected chi connectivity index (χ4v) is 3.38. The summed E-state index contributed by atoms with van der Waals surface area (Å²) in [5.74, 6) is 0.00692. The molecule has 4 nitrogen and oxygen atoms in total. The summed E-state index contributed by atoms with van der Waals surface area (Å²) in [6.45, 7) is 3.58. The average molecular weight is 290 g/mol. The molecule has 0 saturated carbocycles. The van der Waals surface area contributed by atoms with E-state index < -0.39 is 9.84 Å². The van der Waals surface area contributed by atoms with Crippen molar-refractivity contribution in [3.63, 3.8) is 0 Å². The molecule has 0 aliphatic carbocycles. The zero-order valence-electron chi connectivity index (χ0n) is 10.7. The van der Waals surface area contributed by atoms with Crippen LogP contribution in [0.2, 0.25) is 0 Å². The molecule has 0 aliphatic heterocycles. The highest BCUT2D eigenvalue weighted by Crippen LogP contribution is 2.28. The summed E-state index contributed by atoms with van der Waals surface area (Å²) in [5, 5.41) is 18.7. The second-order valence-corrected chi connectivity index (χ2v) is 6.20. The Morgan fingerprint density at radius 1 is 1.00 bits per heavy atom. The van der Waals surface area contributed by atoms with Crippen LogP contribution < -0.4 is 0 Å². The molecule has 0 radical (unpaired) electrons. The third-order valence-corrected chi connectivity index (χ3v) is 4.71. The first-order valence-corrected chi connectivity index (χ1v) is 7.40. The molecule has 2 rings (SSSR count). The van der Waals surface area contributed by atoms with Crippen LogP contribution in [0.1, 0.15) is 5.56 Å². The van der Waals surface area contributed by atoms with Crippen molar-refractivity contribution in [1.29, 1.82) is 0 Å². The van der Waals surface area contributed by atoms with E-state index in [2.05, 4.69) is 6.58 Å². The maximum Gasteiger partial charge on any atom is 0.206 e. The van der Waals surface area contributed by atoms with Crippen LogP contribution in [0.5, 0.6) is 11.5 Å². The van der Waals surface area contributed by atoms with Crippen LogP contribution in [0.4, 0.5) is 0 Å². The van der Waals surface area contributed by atoms with Crippen molar-refractivity contribution in [2.24, 2.45) is 0 Å². The molecule has 0 bridgehead atoms. The van der Waals surface area contributed by atoms with Gasteiger partial charge in [0.25, 0.3) is 0 Å². The molecule has 0 fully saturated rings. The van der Waals surface area contributed by atoms with Gasteiger partial charge in [0, 0.05) is 0 Å². The molecular weight excluding hydrogens is 276 g/mol. The second kappa shape index (κ2) is 5.38. The SMILES string of the molecule is C=CCc1cc(O)ccc1S(=O)(=O)c1ccc(O)cc1. The van der Waals surface area contributed by atoms with Crippen LogP contribution in [-0.4, -0.2) is 18.6 Å². The number of sulfone groups is 1. The Hall–Kier alpha value is -2.27. The van der Waals surface area contributed by atoms with E-state index >= 15 is 0 Å². The normalized spacial score (nSPS) is 11.2. The van der Waals surface area contributed by atoms with Crippen molar-refractivity contribution >= 4 is 9.84 Å². The highest BCUT2D eigenvalue weighted by molar-refractivity contribution is 7.91. The highest BCUT2D eigenvalue weighted by atomic mass is 32.2. The first-order chi connectivity index (χ1) is 9.45. The molecule has 0 aliphatic rings. The van der Waals surface area contributed by atoms with Gasteiger partial charge >= 0.3 is 0 Å². The van der Waals surface area contributed by atoms with Gasteiger partial charge in [-0.3, -0.25) is 0 Å². The van der Waals surface area contributed by atoms with E-state index in [1.807, 2.05) is 0 Å². The van der Waals surface area contributed by atoms with E-state index in [-0.39, 0.29) is 21.3 Å². The summed E-state index contributed by atoms with van der Waals surface area (Å²) in [7, 11) is -3.70. The first-order valence-electron chi connectivity index (χ1n) is 5.92. The number of aromatic hydroxyl groups is 2. The predicted octanol–water partition coefficient (Wildman–Crippen LogP) is 2.66. The molecule has 0 aromatic heterocycles. The lowest BCUT2D eigenvalue weighted by Crippen LogP contribution is -2.05. The van der Waals surface area contributed by atoms with Crippen LogP contribution >= 0.6 is 0 Å². The molecule has 2 aromatic rings. The summed E-state index contributed by atoms with van der Waals surface area (Å²) in [6, 6.07) is 9.44. The lowest BCUT2D eigenvalue weighted by Gasteiger charge is -2.10. The molecule has 0 saturated heterocycles. The number of phenols is 2. The number of phenolic OH excluding ortho intramolecular Hbond substituents is 2. The van der Waals surface area contributed by atoms with Gasteiger partial charge in [-0.25, -0.2) is 8.42 Å². The minimum atomic E-state index is -3.70. The topological polar surface area (TPSA) is 74.6 Å². The minimum Gasteiger partial charge on any atom is -0.508 e. The second-order valence-electron chi connectivity index (χ2n) is 4.28. The Balaban J connectivity index is 2.59. The molecule has 0 amide bonds. The van der Waals surface area contributed by atoms with Gasteiger partial charge in [-0.15, -0.1) is 6.58 Å². The number of benzene rings is 2. The Morgan fingerprint density at radius 3 is 2.20 bits per heavy atom.